The summed E-state index contributed by atoms with van der Waals surface area (Å²) in [5, 5.41) is 23.9. The molecule has 0 saturated carbocycles. The third kappa shape index (κ3) is 48.8. The summed E-state index contributed by atoms with van der Waals surface area (Å²) in [7, 11) is 0. The molecule has 0 rings (SSSR count). The molecule has 382 valence electrons. The van der Waals surface area contributed by atoms with Gasteiger partial charge in [0.2, 0.25) is 5.91 Å². The average Bonchev–Trinajstić information content (AvgIpc) is 3.32. The van der Waals surface area contributed by atoms with Crippen molar-refractivity contribution in [2.75, 3.05) is 6.61 Å². The number of rotatable bonds is 48. The Kier molecular flexibility index (Phi) is 50.7. The number of ether oxygens (including phenoxy) is 1. The van der Waals surface area contributed by atoms with Crippen LogP contribution < -0.4 is 5.32 Å². The lowest BCUT2D eigenvalue weighted by molar-refractivity contribution is -0.151. The number of aliphatic hydroxyl groups excluding tert-OH is 2. The number of carbonyl (C=O) groups is 2. The van der Waals surface area contributed by atoms with Crippen LogP contribution in [0, 0.1) is 0 Å². The summed E-state index contributed by atoms with van der Waals surface area (Å²) in [6.45, 7) is 6.25. The summed E-state index contributed by atoms with van der Waals surface area (Å²) in [5.41, 5.74) is 0. The van der Waals surface area contributed by atoms with Crippen LogP contribution in [0.1, 0.15) is 239 Å². The first-order valence-corrected chi connectivity index (χ1v) is 27.7. The van der Waals surface area contributed by atoms with E-state index in [4.69, 9.17) is 4.74 Å². The quantitative estimate of drug-likeness (QED) is 0.0321. The summed E-state index contributed by atoms with van der Waals surface area (Å²) in [5.74, 6) is -0.549. The Morgan fingerprint density at radius 2 is 0.836 bits per heavy atom. The minimum Gasteiger partial charge on any atom is -0.462 e. The van der Waals surface area contributed by atoms with Gasteiger partial charge in [-0.25, -0.2) is 0 Å². The molecule has 6 nitrogen and oxygen atoms in total. The minimum absolute atomic E-state index is 0.0332. The fourth-order valence-corrected chi connectivity index (χ4v) is 7.88. The maximum Gasteiger partial charge on any atom is 0.306 e. The van der Waals surface area contributed by atoms with Gasteiger partial charge in [-0.1, -0.05) is 271 Å². The maximum absolute atomic E-state index is 13.3. The zero-order chi connectivity index (χ0) is 48.8. The maximum atomic E-state index is 13.3. The van der Waals surface area contributed by atoms with Crippen molar-refractivity contribution in [3.05, 3.63) is 109 Å². The Balaban J connectivity index is 4.69. The van der Waals surface area contributed by atoms with E-state index in [-0.39, 0.29) is 24.9 Å². The largest absolute Gasteiger partial charge is 0.462 e. The monoisotopic (exact) mass is 930 g/mol. The van der Waals surface area contributed by atoms with E-state index in [2.05, 4.69) is 80.8 Å². The van der Waals surface area contributed by atoms with Gasteiger partial charge in [0.1, 0.15) is 6.10 Å². The lowest BCUT2D eigenvalue weighted by Crippen LogP contribution is -2.46. The molecule has 0 aromatic carbocycles. The lowest BCUT2D eigenvalue weighted by Gasteiger charge is -2.24. The second-order valence-corrected chi connectivity index (χ2v) is 18.5. The Morgan fingerprint density at radius 1 is 0.448 bits per heavy atom. The SMILES string of the molecule is CC/C=C/C=C/C=C/C=C\CCCCCCCC(=O)OC(CCCCC/C=C/C=C/C=C/C=C/C=C/CCC)CC(=O)NC(CO)C(O)CCCCCCCCCCCCCCCCCCC. The number of carbonyl (C=O) groups excluding carboxylic acids is 2. The fourth-order valence-electron chi connectivity index (χ4n) is 7.88. The summed E-state index contributed by atoms with van der Waals surface area (Å²) in [6.07, 6.45) is 72.8. The predicted octanol–water partition coefficient (Wildman–Crippen LogP) is 17.1. The topological polar surface area (TPSA) is 95.9 Å². The summed E-state index contributed by atoms with van der Waals surface area (Å²) in [4.78, 5) is 26.2. The second-order valence-electron chi connectivity index (χ2n) is 18.5. The molecule has 67 heavy (non-hydrogen) atoms. The number of allylic oxidation sites excluding steroid dienone is 18. The standard InChI is InChI=1S/C61H103NO5/c1-4-7-10-13-16-19-22-25-28-30-33-35-38-41-44-47-50-53-59(64)58(56-63)62-60(65)55-57(52-49-46-43-40-37-34-32-29-26-23-20-17-14-11-8-5-2)67-61(66)54-51-48-45-42-39-36-31-27-24-21-18-15-12-9-6-3/h9,11-12,14-15,17-18,20-21,23-24,26-27,29,31-32,34,37,57-59,63-64H,4-8,10,13,16,19,22,25,28,30,33,35-36,38-56H2,1-3H3,(H,62,65)/b12-9+,14-11+,18-15+,20-17+,24-21+,26-23+,31-27-,32-29+,37-34+. The molecule has 0 bridgehead atoms. The van der Waals surface area contributed by atoms with Gasteiger partial charge in [-0.2, -0.15) is 0 Å². The van der Waals surface area contributed by atoms with Crippen LogP contribution in [0.2, 0.25) is 0 Å². The van der Waals surface area contributed by atoms with Gasteiger partial charge in [-0.15, -0.1) is 0 Å². The van der Waals surface area contributed by atoms with E-state index < -0.39 is 18.2 Å². The van der Waals surface area contributed by atoms with Gasteiger partial charge in [-0.05, 0) is 64.2 Å². The number of esters is 1. The van der Waals surface area contributed by atoms with Crippen LogP contribution in [0.4, 0.5) is 0 Å². The molecular formula is C61H103NO5. The van der Waals surface area contributed by atoms with E-state index in [0.29, 0.717) is 19.3 Å². The van der Waals surface area contributed by atoms with E-state index in [1.807, 2.05) is 54.7 Å². The zero-order valence-corrected chi connectivity index (χ0v) is 43.5. The summed E-state index contributed by atoms with van der Waals surface area (Å²) < 4.78 is 5.92. The molecule has 3 N–H and O–H groups in total. The molecule has 0 fully saturated rings. The average molecular weight is 930 g/mol. The fraction of sp³-hybridized carbons (Fsp3) is 0.672. The van der Waals surface area contributed by atoms with Crippen molar-refractivity contribution in [2.45, 2.75) is 257 Å². The molecule has 1 amide bonds. The van der Waals surface area contributed by atoms with Crippen LogP contribution in [0.25, 0.3) is 0 Å². The summed E-state index contributed by atoms with van der Waals surface area (Å²) >= 11 is 0. The van der Waals surface area contributed by atoms with Crippen molar-refractivity contribution in [3.8, 4) is 0 Å². The van der Waals surface area contributed by atoms with Crippen molar-refractivity contribution in [1.29, 1.82) is 0 Å². The van der Waals surface area contributed by atoms with Crippen LogP contribution in [-0.4, -0.2) is 46.9 Å². The van der Waals surface area contributed by atoms with Crippen molar-refractivity contribution in [3.63, 3.8) is 0 Å². The van der Waals surface area contributed by atoms with E-state index in [1.165, 1.54) is 89.9 Å². The third-order valence-corrected chi connectivity index (χ3v) is 12.0. The Morgan fingerprint density at radius 3 is 1.30 bits per heavy atom. The van der Waals surface area contributed by atoms with Crippen molar-refractivity contribution in [1.82, 2.24) is 5.32 Å². The molecular weight excluding hydrogens is 827 g/mol. The molecule has 6 heteroatoms. The molecule has 0 aromatic heterocycles. The first-order valence-electron chi connectivity index (χ1n) is 27.7. The van der Waals surface area contributed by atoms with Gasteiger partial charge < -0.3 is 20.3 Å². The molecule has 0 heterocycles. The van der Waals surface area contributed by atoms with Gasteiger partial charge in [-0.3, -0.25) is 9.59 Å². The number of unbranched alkanes of at least 4 members (excludes halogenated alkanes) is 25. The molecule has 0 aliphatic carbocycles. The molecule has 0 radical (unpaired) electrons. The van der Waals surface area contributed by atoms with Crippen molar-refractivity contribution >= 4 is 11.9 Å². The Labute approximate surface area is 413 Å². The van der Waals surface area contributed by atoms with E-state index >= 15 is 0 Å². The molecule has 3 unspecified atom stereocenters. The summed E-state index contributed by atoms with van der Waals surface area (Å²) in [6, 6.07) is -0.729. The van der Waals surface area contributed by atoms with Gasteiger partial charge in [0, 0.05) is 6.42 Å². The number of aliphatic hydroxyl groups is 2. The molecule has 0 saturated heterocycles. The number of hydrogen-bond acceptors (Lipinski definition) is 5. The van der Waals surface area contributed by atoms with Crippen molar-refractivity contribution in [2.24, 2.45) is 0 Å². The van der Waals surface area contributed by atoms with Crippen LogP contribution >= 0.6 is 0 Å². The van der Waals surface area contributed by atoms with Gasteiger partial charge in [0.25, 0.3) is 0 Å². The van der Waals surface area contributed by atoms with Gasteiger partial charge in [0.15, 0.2) is 0 Å². The molecule has 0 aliphatic heterocycles. The van der Waals surface area contributed by atoms with Gasteiger partial charge >= 0.3 is 5.97 Å². The third-order valence-electron chi connectivity index (χ3n) is 12.0. The van der Waals surface area contributed by atoms with Crippen LogP contribution in [0.3, 0.4) is 0 Å². The molecule has 0 aliphatic rings. The highest BCUT2D eigenvalue weighted by atomic mass is 16.5. The number of amides is 1. The normalized spacial score (nSPS) is 14.0. The minimum atomic E-state index is -0.812. The first-order chi connectivity index (χ1) is 33.0. The highest BCUT2D eigenvalue weighted by molar-refractivity contribution is 5.77. The zero-order valence-electron chi connectivity index (χ0n) is 43.5. The predicted molar refractivity (Wildman–Crippen MR) is 291 cm³/mol. The highest BCUT2D eigenvalue weighted by Gasteiger charge is 2.24. The Bertz CT molecular complexity index is 1370. The number of nitrogens with one attached hydrogen (secondary N) is 1. The lowest BCUT2D eigenvalue weighted by atomic mass is 10.0. The van der Waals surface area contributed by atoms with Crippen LogP contribution in [0.15, 0.2) is 109 Å². The van der Waals surface area contributed by atoms with Crippen LogP contribution in [-0.2, 0) is 14.3 Å². The first kappa shape index (κ1) is 63.5. The smallest absolute Gasteiger partial charge is 0.306 e. The Hall–Kier alpha value is -3.48. The van der Waals surface area contributed by atoms with Gasteiger partial charge in [0.05, 0.1) is 25.2 Å². The number of hydrogen-bond donors (Lipinski definition) is 3. The van der Waals surface area contributed by atoms with E-state index in [0.717, 1.165) is 103 Å². The highest BCUT2D eigenvalue weighted by Crippen LogP contribution is 2.18. The molecule has 0 spiro atoms. The molecule has 0 aromatic rings. The van der Waals surface area contributed by atoms with E-state index in [9.17, 15) is 19.8 Å². The van der Waals surface area contributed by atoms with E-state index in [1.54, 1.807) is 0 Å². The van der Waals surface area contributed by atoms with Crippen molar-refractivity contribution < 1.29 is 24.5 Å². The van der Waals surface area contributed by atoms with Crippen LogP contribution in [0.5, 0.6) is 0 Å². The second kappa shape index (κ2) is 53.5. The molecule has 3 atom stereocenters.